The van der Waals surface area contributed by atoms with E-state index in [-0.39, 0.29) is 0 Å². The van der Waals surface area contributed by atoms with Crippen LogP contribution in [0.4, 0.5) is 0 Å². The van der Waals surface area contributed by atoms with Crippen molar-refractivity contribution in [3.05, 3.63) is 23.5 Å². The van der Waals surface area contributed by atoms with E-state index in [1.54, 1.807) is 0 Å². The van der Waals surface area contributed by atoms with E-state index in [1.165, 1.54) is 11.3 Å². The minimum atomic E-state index is 1.12. The zero-order valence-corrected chi connectivity index (χ0v) is 7.36. The fourth-order valence-electron chi connectivity index (χ4n) is 0.422. The standard InChI is InChI=1S/C9H17N/c1-5-8(3)7-10-9(4)6-2/h6-7,10H,5H2,1-4H3/b8-7+,9-6+. The highest BCUT2D eigenvalue weighted by Crippen LogP contribution is 1.96. The van der Waals surface area contributed by atoms with Crippen LogP contribution in [0.5, 0.6) is 0 Å². The minimum absolute atomic E-state index is 1.12. The Hall–Kier alpha value is -0.720. The average molecular weight is 139 g/mol. The smallest absolute Gasteiger partial charge is 0.00714 e. The van der Waals surface area contributed by atoms with Crippen molar-refractivity contribution >= 4 is 0 Å². The molecule has 0 amide bonds. The van der Waals surface area contributed by atoms with Gasteiger partial charge in [-0.3, -0.25) is 0 Å². The first-order valence-corrected chi connectivity index (χ1v) is 3.75. The third kappa shape index (κ3) is 4.19. The molecular weight excluding hydrogens is 122 g/mol. The van der Waals surface area contributed by atoms with E-state index in [0.717, 1.165) is 6.42 Å². The van der Waals surface area contributed by atoms with Gasteiger partial charge in [-0.25, -0.2) is 0 Å². The monoisotopic (exact) mass is 139 g/mol. The van der Waals surface area contributed by atoms with Crippen molar-refractivity contribution in [2.45, 2.75) is 34.1 Å². The lowest BCUT2D eigenvalue weighted by molar-refractivity contribution is 0.991. The summed E-state index contributed by atoms with van der Waals surface area (Å²) in [6.45, 7) is 8.35. The van der Waals surface area contributed by atoms with E-state index in [4.69, 9.17) is 0 Å². The molecular formula is C9H17N. The summed E-state index contributed by atoms with van der Waals surface area (Å²) < 4.78 is 0. The minimum Gasteiger partial charge on any atom is -0.366 e. The fraction of sp³-hybridized carbons (Fsp3) is 0.556. The number of hydrogen-bond donors (Lipinski definition) is 1. The van der Waals surface area contributed by atoms with Gasteiger partial charge in [-0.2, -0.15) is 0 Å². The zero-order chi connectivity index (χ0) is 7.98. The van der Waals surface area contributed by atoms with Crippen LogP contribution in [-0.2, 0) is 0 Å². The fourth-order valence-corrected chi connectivity index (χ4v) is 0.422. The lowest BCUT2D eigenvalue weighted by atomic mass is 10.2. The van der Waals surface area contributed by atoms with Crippen molar-refractivity contribution in [2.24, 2.45) is 0 Å². The molecule has 0 unspecified atom stereocenters. The van der Waals surface area contributed by atoms with E-state index >= 15 is 0 Å². The number of nitrogens with one attached hydrogen (secondary N) is 1. The van der Waals surface area contributed by atoms with Gasteiger partial charge in [0.2, 0.25) is 0 Å². The lowest BCUT2D eigenvalue weighted by Gasteiger charge is -2.00. The Labute approximate surface area is 63.8 Å². The van der Waals surface area contributed by atoms with Crippen molar-refractivity contribution in [1.82, 2.24) is 5.32 Å². The van der Waals surface area contributed by atoms with E-state index in [9.17, 15) is 0 Å². The highest BCUT2D eigenvalue weighted by molar-refractivity contribution is 5.03. The Kier molecular flexibility index (Phi) is 4.73. The van der Waals surface area contributed by atoms with Crippen molar-refractivity contribution in [2.75, 3.05) is 0 Å². The molecule has 0 heterocycles. The van der Waals surface area contributed by atoms with Crippen molar-refractivity contribution < 1.29 is 0 Å². The van der Waals surface area contributed by atoms with Crippen molar-refractivity contribution in [3.8, 4) is 0 Å². The molecule has 0 aliphatic rings. The molecule has 0 saturated heterocycles. The predicted molar refractivity (Wildman–Crippen MR) is 46.6 cm³/mol. The van der Waals surface area contributed by atoms with Gasteiger partial charge in [0.15, 0.2) is 0 Å². The zero-order valence-electron chi connectivity index (χ0n) is 7.36. The molecule has 0 saturated carbocycles. The quantitative estimate of drug-likeness (QED) is 0.634. The lowest BCUT2D eigenvalue weighted by Crippen LogP contribution is -2.01. The molecule has 10 heavy (non-hydrogen) atoms. The number of allylic oxidation sites excluding steroid dienone is 3. The van der Waals surface area contributed by atoms with Crippen LogP contribution >= 0.6 is 0 Å². The molecule has 1 N–H and O–H groups in total. The average Bonchev–Trinajstić information content (AvgIpc) is 1.99. The van der Waals surface area contributed by atoms with E-state index in [0.29, 0.717) is 0 Å². The summed E-state index contributed by atoms with van der Waals surface area (Å²) in [4.78, 5) is 0. The first-order valence-electron chi connectivity index (χ1n) is 3.75. The van der Waals surface area contributed by atoms with Gasteiger partial charge in [0.05, 0.1) is 0 Å². The summed E-state index contributed by atoms with van der Waals surface area (Å²) in [6, 6.07) is 0. The molecule has 1 heteroatoms. The largest absolute Gasteiger partial charge is 0.366 e. The Bertz CT molecular complexity index is 143. The maximum absolute atomic E-state index is 3.18. The normalized spacial score (nSPS) is 13.6. The molecule has 0 aromatic carbocycles. The molecule has 0 aliphatic heterocycles. The van der Waals surface area contributed by atoms with Crippen molar-refractivity contribution in [1.29, 1.82) is 0 Å². The van der Waals surface area contributed by atoms with E-state index in [2.05, 4.69) is 38.4 Å². The molecule has 0 radical (unpaired) electrons. The second-order valence-corrected chi connectivity index (χ2v) is 2.46. The van der Waals surface area contributed by atoms with Gasteiger partial charge in [0.25, 0.3) is 0 Å². The van der Waals surface area contributed by atoms with Crippen molar-refractivity contribution in [3.63, 3.8) is 0 Å². The third-order valence-electron chi connectivity index (χ3n) is 1.54. The van der Waals surface area contributed by atoms with Gasteiger partial charge >= 0.3 is 0 Å². The van der Waals surface area contributed by atoms with Gasteiger partial charge < -0.3 is 5.32 Å². The SMILES string of the molecule is C/C=C(\C)N/C=C(\C)CC. The molecule has 1 nitrogen and oxygen atoms in total. The predicted octanol–water partition coefficient (Wildman–Crippen LogP) is 2.81. The van der Waals surface area contributed by atoms with Crippen LogP contribution in [0.2, 0.25) is 0 Å². The Morgan fingerprint density at radius 1 is 1.40 bits per heavy atom. The first kappa shape index (κ1) is 9.28. The van der Waals surface area contributed by atoms with Gasteiger partial charge in [0.1, 0.15) is 0 Å². The number of rotatable bonds is 3. The summed E-state index contributed by atoms with van der Waals surface area (Å²) in [5, 5.41) is 3.18. The van der Waals surface area contributed by atoms with Crippen LogP contribution < -0.4 is 5.32 Å². The summed E-state index contributed by atoms with van der Waals surface area (Å²) in [5.41, 5.74) is 2.58. The summed E-state index contributed by atoms with van der Waals surface area (Å²) >= 11 is 0. The van der Waals surface area contributed by atoms with Crippen LogP contribution in [0.15, 0.2) is 23.5 Å². The molecule has 0 fully saturated rings. The van der Waals surface area contributed by atoms with Crippen LogP contribution in [0, 0.1) is 0 Å². The molecule has 0 bridgehead atoms. The summed E-state index contributed by atoms with van der Waals surface area (Å²) in [6.07, 6.45) is 5.22. The highest BCUT2D eigenvalue weighted by Gasteiger charge is 1.82. The highest BCUT2D eigenvalue weighted by atomic mass is 14.8. The van der Waals surface area contributed by atoms with Crippen LogP contribution in [0.1, 0.15) is 34.1 Å². The third-order valence-corrected chi connectivity index (χ3v) is 1.54. The second-order valence-electron chi connectivity index (χ2n) is 2.46. The summed E-state index contributed by atoms with van der Waals surface area (Å²) in [5.74, 6) is 0. The molecule has 0 atom stereocenters. The van der Waals surface area contributed by atoms with E-state index < -0.39 is 0 Å². The topological polar surface area (TPSA) is 12.0 Å². The van der Waals surface area contributed by atoms with Gasteiger partial charge in [-0.05, 0) is 33.4 Å². The maximum atomic E-state index is 3.18. The number of hydrogen-bond acceptors (Lipinski definition) is 1. The van der Waals surface area contributed by atoms with Crippen LogP contribution in [0.3, 0.4) is 0 Å². The molecule has 0 aromatic rings. The molecule has 0 spiro atoms. The Morgan fingerprint density at radius 3 is 2.40 bits per heavy atom. The molecule has 0 aliphatic carbocycles. The molecule has 0 aromatic heterocycles. The van der Waals surface area contributed by atoms with Gasteiger partial charge in [-0.15, -0.1) is 0 Å². The molecule has 0 rings (SSSR count). The summed E-state index contributed by atoms with van der Waals surface area (Å²) in [7, 11) is 0. The van der Waals surface area contributed by atoms with Crippen LogP contribution in [0.25, 0.3) is 0 Å². The second kappa shape index (κ2) is 5.10. The Balaban J connectivity index is 3.72. The van der Waals surface area contributed by atoms with Crippen LogP contribution in [-0.4, -0.2) is 0 Å². The van der Waals surface area contributed by atoms with Gasteiger partial charge in [-0.1, -0.05) is 18.6 Å². The van der Waals surface area contributed by atoms with Gasteiger partial charge in [0, 0.05) is 5.70 Å². The van der Waals surface area contributed by atoms with E-state index in [1.807, 2.05) is 6.92 Å². The maximum Gasteiger partial charge on any atom is 0.00714 e. The first-order chi connectivity index (χ1) is 4.70. The Morgan fingerprint density at radius 2 is 2.00 bits per heavy atom. The molecule has 58 valence electrons.